The molecule has 1 N–H and O–H groups in total. The van der Waals surface area contributed by atoms with Gasteiger partial charge in [-0.1, -0.05) is 0 Å². The highest BCUT2D eigenvalue weighted by Crippen LogP contribution is 2.17. The number of pyridine rings is 1. The van der Waals surface area contributed by atoms with Gasteiger partial charge in [-0.25, -0.2) is 0 Å². The van der Waals surface area contributed by atoms with Crippen LogP contribution in [-0.4, -0.2) is 23.6 Å². The summed E-state index contributed by atoms with van der Waals surface area (Å²) in [4.78, 5) is 14.6. The zero-order valence-electron chi connectivity index (χ0n) is 9.79. The van der Waals surface area contributed by atoms with Crippen molar-refractivity contribution in [3.05, 3.63) is 24.0 Å². The summed E-state index contributed by atoms with van der Waals surface area (Å²) in [5.41, 5.74) is -0.114. The Balaban J connectivity index is 1.90. The molecule has 1 amide bonds. The Labute approximate surface area is 103 Å². The van der Waals surface area contributed by atoms with Crippen LogP contribution >= 0.6 is 0 Å². The van der Waals surface area contributed by atoms with Crippen molar-refractivity contribution in [1.82, 2.24) is 4.98 Å². The molecule has 0 saturated carbocycles. The number of hydrogen-bond donors (Lipinski definition) is 1. The van der Waals surface area contributed by atoms with Crippen molar-refractivity contribution in [2.45, 2.75) is 31.8 Å². The van der Waals surface area contributed by atoms with Crippen molar-refractivity contribution in [3.8, 4) is 0 Å². The fraction of sp³-hybridized carbons (Fsp3) is 0.500. The average Bonchev–Trinajstić information content (AvgIpc) is 2.34. The molecule has 1 aliphatic heterocycles. The van der Waals surface area contributed by atoms with Gasteiger partial charge in [0, 0.05) is 6.61 Å². The summed E-state index contributed by atoms with van der Waals surface area (Å²) >= 11 is 0. The summed E-state index contributed by atoms with van der Waals surface area (Å²) in [6.45, 7) is 0.657. The van der Waals surface area contributed by atoms with Gasteiger partial charge in [0.15, 0.2) is 0 Å². The molecule has 0 radical (unpaired) electrons. The highest BCUT2D eigenvalue weighted by atomic mass is 19.1. The molecule has 1 fully saturated rings. The molecule has 2 heterocycles. The first kappa shape index (κ1) is 12.9. The molecule has 1 unspecified atom stereocenters. The van der Waals surface area contributed by atoms with Crippen molar-refractivity contribution >= 4 is 11.6 Å². The zero-order chi connectivity index (χ0) is 13.0. The minimum absolute atomic E-state index is 0.114. The van der Waals surface area contributed by atoms with E-state index in [2.05, 4.69) is 10.3 Å². The van der Waals surface area contributed by atoms with E-state index in [1.165, 1.54) is 0 Å². The van der Waals surface area contributed by atoms with E-state index in [0.29, 0.717) is 6.61 Å². The van der Waals surface area contributed by atoms with Gasteiger partial charge in [-0.2, -0.15) is 13.8 Å². The van der Waals surface area contributed by atoms with Gasteiger partial charge in [0.05, 0.1) is 18.2 Å². The smallest absolute Gasteiger partial charge is 0.239 e. The number of ether oxygens (including phenoxy) is 1. The summed E-state index contributed by atoms with van der Waals surface area (Å²) in [5, 5.41) is 2.36. The number of carbonyl (C=O) groups excluding carboxylic acids is 1. The largest absolute Gasteiger partial charge is 0.378 e. The summed E-state index contributed by atoms with van der Waals surface area (Å²) in [6.07, 6.45) is 2.93. The third kappa shape index (κ3) is 3.46. The van der Waals surface area contributed by atoms with Crippen molar-refractivity contribution in [2.75, 3.05) is 11.9 Å². The maximum absolute atomic E-state index is 13.2. The lowest BCUT2D eigenvalue weighted by molar-refractivity contribution is -0.119. The third-order valence-electron chi connectivity index (χ3n) is 2.78. The standard InChI is InChI=1S/C12H14F2N2O2/c13-10-5-4-9(12(14)16-10)15-11(17)7-8-3-1-2-6-18-8/h4-5,8H,1-3,6-7H2,(H,15,17). The molecular weight excluding hydrogens is 242 g/mol. The number of amides is 1. The normalized spacial score (nSPS) is 19.6. The molecule has 0 aromatic carbocycles. The number of nitrogens with zero attached hydrogens (tertiary/aromatic N) is 1. The summed E-state index contributed by atoms with van der Waals surface area (Å²) in [5.74, 6) is -2.29. The molecule has 6 heteroatoms. The quantitative estimate of drug-likeness (QED) is 0.844. The number of anilines is 1. The second kappa shape index (κ2) is 5.86. The molecule has 4 nitrogen and oxygen atoms in total. The molecule has 1 atom stereocenters. The average molecular weight is 256 g/mol. The maximum atomic E-state index is 13.2. The topological polar surface area (TPSA) is 51.2 Å². The van der Waals surface area contributed by atoms with Crippen molar-refractivity contribution in [1.29, 1.82) is 0 Å². The first-order valence-corrected chi connectivity index (χ1v) is 5.88. The van der Waals surface area contributed by atoms with Gasteiger partial charge in [0.25, 0.3) is 0 Å². The Morgan fingerprint density at radius 3 is 2.94 bits per heavy atom. The Kier molecular flexibility index (Phi) is 4.19. The highest BCUT2D eigenvalue weighted by molar-refractivity contribution is 5.90. The van der Waals surface area contributed by atoms with E-state index in [-0.39, 0.29) is 24.1 Å². The molecule has 1 aromatic rings. The van der Waals surface area contributed by atoms with E-state index in [1.807, 2.05) is 0 Å². The fourth-order valence-electron chi connectivity index (χ4n) is 1.88. The third-order valence-corrected chi connectivity index (χ3v) is 2.78. The van der Waals surface area contributed by atoms with Crippen LogP contribution in [0.15, 0.2) is 12.1 Å². The van der Waals surface area contributed by atoms with Crippen LogP contribution in [0.3, 0.4) is 0 Å². The van der Waals surface area contributed by atoms with Gasteiger partial charge in [0.1, 0.15) is 0 Å². The number of nitrogens with one attached hydrogen (secondary N) is 1. The van der Waals surface area contributed by atoms with E-state index in [0.717, 1.165) is 31.4 Å². The van der Waals surface area contributed by atoms with Gasteiger partial charge >= 0.3 is 0 Å². The number of hydrogen-bond acceptors (Lipinski definition) is 3. The van der Waals surface area contributed by atoms with E-state index in [4.69, 9.17) is 4.74 Å². The van der Waals surface area contributed by atoms with Crippen LogP contribution in [0.25, 0.3) is 0 Å². The molecule has 1 aliphatic rings. The molecule has 0 spiro atoms. The molecular formula is C12H14F2N2O2. The van der Waals surface area contributed by atoms with Crippen LogP contribution in [0.1, 0.15) is 25.7 Å². The van der Waals surface area contributed by atoms with Crippen LogP contribution in [0, 0.1) is 11.9 Å². The first-order chi connectivity index (χ1) is 8.65. The SMILES string of the molecule is O=C(CC1CCCCO1)Nc1ccc(F)nc1F. The van der Waals surface area contributed by atoms with Gasteiger partial charge < -0.3 is 10.1 Å². The molecule has 2 rings (SSSR count). The fourth-order valence-corrected chi connectivity index (χ4v) is 1.88. The molecule has 0 aliphatic carbocycles. The number of halogens is 2. The van der Waals surface area contributed by atoms with E-state index >= 15 is 0 Å². The molecule has 1 aromatic heterocycles. The lowest BCUT2D eigenvalue weighted by atomic mass is 10.1. The maximum Gasteiger partial charge on any atom is 0.239 e. The number of aromatic nitrogens is 1. The van der Waals surface area contributed by atoms with Gasteiger partial charge in [0.2, 0.25) is 17.8 Å². The summed E-state index contributed by atoms with van der Waals surface area (Å²) in [6, 6.07) is 2.15. The van der Waals surface area contributed by atoms with Gasteiger partial charge in [-0.3, -0.25) is 4.79 Å². The number of rotatable bonds is 3. The monoisotopic (exact) mass is 256 g/mol. The second-order valence-electron chi connectivity index (χ2n) is 4.21. The Morgan fingerprint density at radius 1 is 1.44 bits per heavy atom. The Bertz CT molecular complexity index is 434. The van der Waals surface area contributed by atoms with Crippen LogP contribution < -0.4 is 5.32 Å². The number of carbonyl (C=O) groups is 1. The molecule has 18 heavy (non-hydrogen) atoms. The van der Waals surface area contributed by atoms with Crippen LogP contribution in [0.4, 0.5) is 14.5 Å². The van der Waals surface area contributed by atoms with E-state index in [1.54, 1.807) is 0 Å². The summed E-state index contributed by atoms with van der Waals surface area (Å²) in [7, 11) is 0. The van der Waals surface area contributed by atoms with Crippen molar-refractivity contribution < 1.29 is 18.3 Å². The van der Waals surface area contributed by atoms with Crippen LogP contribution in [-0.2, 0) is 9.53 Å². The van der Waals surface area contributed by atoms with Crippen molar-refractivity contribution in [3.63, 3.8) is 0 Å². The summed E-state index contributed by atoms with van der Waals surface area (Å²) < 4.78 is 31.2. The minimum atomic E-state index is -1.02. The highest BCUT2D eigenvalue weighted by Gasteiger charge is 2.18. The predicted molar refractivity (Wildman–Crippen MR) is 61.0 cm³/mol. The Hall–Kier alpha value is -1.56. The lowest BCUT2D eigenvalue weighted by Gasteiger charge is -2.21. The first-order valence-electron chi connectivity index (χ1n) is 5.88. The molecule has 1 saturated heterocycles. The lowest BCUT2D eigenvalue weighted by Crippen LogP contribution is -2.26. The van der Waals surface area contributed by atoms with Gasteiger partial charge in [-0.05, 0) is 31.4 Å². The predicted octanol–water partition coefficient (Wildman–Crippen LogP) is 2.26. The zero-order valence-corrected chi connectivity index (χ0v) is 9.79. The minimum Gasteiger partial charge on any atom is -0.378 e. The molecule has 0 bridgehead atoms. The Morgan fingerprint density at radius 2 is 2.28 bits per heavy atom. The van der Waals surface area contributed by atoms with Crippen LogP contribution in [0.5, 0.6) is 0 Å². The second-order valence-corrected chi connectivity index (χ2v) is 4.21. The molecule has 98 valence electrons. The van der Waals surface area contributed by atoms with Crippen molar-refractivity contribution in [2.24, 2.45) is 0 Å². The van der Waals surface area contributed by atoms with Crippen LogP contribution in [0.2, 0.25) is 0 Å². The van der Waals surface area contributed by atoms with E-state index < -0.39 is 11.9 Å². The van der Waals surface area contributed by atoms with Gasteiger partial charge in [-0.15, -0.1) is 0 Å². The van der Waals surface area contributed by atoms with E-state index in [9.17, 15) is 13.6 Å².